The number of hydrogen-bond donors (Lipinski definition) is 3. The van der Waals surface area contributed by atoms with E-state index in [4.69, 9.17) is 15.0 Å². The number of hydrogen-bond acceptors (Lipinski definition) is 6. The lowest BCUT2D eigenvalue weighted by atomic mass is 9.99. The maximum Gasteiger partial charge on any atom is 0.186 e. The zero-order valence-corrected chi connectivity index (χ0v) is 8.09. The van der Waals surface area contributed by atoms with E-state index in [0.717, 1.165) is 0 Å². The number of aliphatic hydroxyl groups is 3. The van der Waals surface area contributed by atoms with E-state index in [-0.39, 0.29) is 6.54 Å². The van der Waals surface area contributed by atoms with E-state index in [1.54, 1.807) is 0 Å². The molecule has 0 saturated carbocycles. The third-order valence-electron chi connectivity index (χ3n) is 2.23. The maximum atomic E-state index is 9.47. The molecular formula is C7H13N3O5. The van der Waals surface area contributed by atoms with Crippen molar-refractivity contribution in [2.45, 2.75) is 30.7 Å². The van der Waals surface area contributed by atoms with Gasteiger partial charge >= 0.3 is 0 Å². The van der Waals surface area contributed by atoms with Gasteiger partial charge in [-0.2, -0.15) is 0 Å². The summed E-state index contributed by atoms with van der Waals surface area (Å²) in [5.41, 5.74) is 8.10. The van der Waals surface area contributed by atoms with Crippen molar-refractivity contribution in [3.63, 3.8) is 0 Å². The molecule has 3 N–H and O–H groups in total. The van der Waals surface area contributed by atoms with Crippen LogP contribution in [-0.2, 0) is 9.47 Å². The molecule has 2 unspecified atom stereocenters. The molecule has 0 radical (unpaired) electrons. The number of aliphatic hydroxyl groups excluding tert-OH is 3. The summed E-state index contributed by atoms with van der Waals surface area (Å²) in [5.74, 6) is 0. The number of ether oxygens (including phenoxy) is 2. The lowest BCUT2D eigenvalue weighted by Crippen LogP contribution is -2.58. The van der Waals surface area contributed by atoms with E-state index < -0.39 is 30.7 Å². The fourth-order valence-electron chi connectivity index (χ4n) is 1.38. The third-order valence-corrected chi connectivity index (χ3v) is 2.23. The van der Waals surface area contributed by atoms with Crippen LogP contribution in [0.3, 0.4) is 0 Å². The van der Waals surface area contributed by atoms with Crippen LogP contribution in [0.15, 0.2) is 5.11 Å². The molecule has 0 aliphatic carbocycles. The van der Waals surface area contributed by atoms with Gasteiger partial charge in [-0.3, -0.25) is 0 Å². The molecule has 0 bridgehead atoms. The van der Waals surface area contributed by atoms with Crippen LogP contribution in [0.1, 0.15) is 0 Å². The summed E-state index contributed by atoms with van der Waals surface area (Å²) in [6.45, 7) is -0.138. The Balaban J connectivity index is 2.69. The highest BCUT2D eigenvalue weighted by Gasteiger charge is 2.43. The molecule has 0 aromatic carbocycles. The minimum absolute atomic E-state index is 0.138. The van der Waals surface area contributed by atoms with Crippen LogP contribution in [-0.4, -0.2) is 59.7 Å². The predicted octanol–water partition coefficient (Wildman–Crippen LogP) is -1.25. The van der Waals surface area contributed by atoms with Crippen LogP contribution in [0.25, 0.3) is 10.4 Å². The van der Waals surface area contributed by atoms with Crippen LogP contribution in [0.4, 0.5) is 0 Å². The van der Waals surface area contributed by atoms with Gasteiger partial charge in [-0.1, -0.05) is 5.11 Å². The van der Waals surface area contributed by atoms with Crippen molar-refractivity contribution in [2.75, 3.05) is 13.7 Å². The van der Waals surface area contributed by atoms with Crippen molar-refractivity contribution in [3.8, 4) is 0 Å². The summed E-state index contributed by atoms with van der Waals surface area (Å²) in [4.78, 5) is 2.51. The SMILES string of the molecule is CO[C@H]1OC(CN=[N+]=[N-])[C@@H](O)C(O)[C@H]1O. The van der Waals surface area contributed by atoms with Crippen molar-refractivity contribution < 1.29 is 24.8 Å². The minimum atomic E-state index is -1.39. The summed E-state index contributed by atoms with van der Waals surface area (Å²) in [6.07, 6.45) is -5.95. The summed E-state index contributed by atoms with van der Waals surface area (Å²) in [5, 5.41) is 31.5. The normalized spacial score (nSPS) is 40.9. The summed E-state index contributed by atoms with van der Waals surface area (Å²) in [7, 11) is 1.29. The van der Waals surface area contributed by atoms with Crippen molar-refractivity contribution >= 4 is 0 Å². The summed E-state index contributed by atoms with van der Waals surface area (Å²) in [6, 6.07) is 0. The molecule has 1 saturated heterocycles. The zero-order valence-electron chi connectivity index (χ0n) is 8.09. The van der Waals surface area contributed by atoms with Crippen LogP contribution >= 0.6 is 0 Å². The number of azide groups is 1. The first kappa shape index (κ1) is 12.2. The van der Waals surface area contributed by atoms with E-state index in [0.29, 0.717) is 0 Å². The van der Waals surface area contributed by atoms with Gasteiger partial charge in [-0.15, -0.1) is 0 Å². The van der Waals surface area contributed by atoms with Crippen LogP contribution in [0.5, 0.6) is 0 Å². The van der Waals surface area contributed by atoms with Crippen LogP contribution in [0.2, 0.25) is 0 Å². The molecule has 8 heteroatoms. The van der Waals surface area contributed by atoms with Crippen molar-refractivity contribution in [2.24, 2.45) is 5.11 Å². The maximum absolute atomic E-state index is 9.47. The van der Waals surface area contributed by atoms with Crippen LogP contribution in [0, 0.1) is 0 Å². The summed E-state index contributed by atoms with van der Waals surface area (Å²) >= 11 is 0. The summed E-state index contributed by atoms with van der Waals surface area (Å²) < 4.78 is 9.84. The van der Waals surface area contributed by atoms with Gasteiger partial charge in [0.15, 0.2) is 6.29 Å². The Bertz CT molecular complexity index is 255. The Morgan fingerprint density at radius 3 is 2.53 bits per heavy atom. The standard InChI is InChI=1S/C7H13N3O5/c1-14-7-6(13)5(12)4(11)3(15-7)2-9-10-8/h3-7,11-13H,2H2,1H3/t3?,4-,5?,6-,7+/m1/s1. The topological polar surface area (TPSA) is 128 Å². The average Bonchev–Trinajstić information content (AvgIpc) is 2.25. The van der Waals surface area contributed by atoms with Gasteiger partial charge in [0.05, 0.1) is 12.6 Å². The highest BCUT2D eigenvalue weighted by atomic mass is 16.7. The smallest absolute Gasteiger partial charge is 0.186 e. The Morgan fingerprint density at radius 2 is 2.00 bits per heavy atom. The van der Waals surface area contributed by atoms with Gasteiger partial charge in [0.1, 0.15) is 18.3 Å². The molecule has 1 aliphatic heterocycles. The molecule has 8 nitrogen and oxygen atoms in total. The fraction of sp³-hybridized carbons (Fsp3) is 1.00. The number of nitrogens with zero attached hydrogens (tertiary/aromatic N) is 3. The molecular weight excluding hydrogens is 206 g/mol. The van der Waals surface area contributed by atoms with Gasteiger partial charge in [0.2, 0.25) is 0 Å². The van der Waals surface area contributed by atoms with Gasteiger partial charge in [-0.05, 0) is 5.53 Å². The Hall–Kier alpha value is -0.890. The molecule has 0 amide bonds. The van der Waals surface area contributed by atoms with E-state index >= 15 is 0 Å². The molecule has 0 spiro atoms. The third kappa shape index (κ3) is 2.57. The molecule has 0 aromatic heterocycles. The Labute approximate surface area is 85.7 Å². The first-order valence-corrected chi connectivity index (χ1v) is 4.35. The molecule has 86 valence electrons. The van der Waals surface area contributed by atoms with Crippen LogP contribution < -0.4 is 0 Å². The van der Waals surface area contributed by atoms with Crippen molar-refractivity contribution in [1.82, 2.24) is 0 Å². The fourth-order valence-corrected chi connectivity index (χ4v) is 1.38. The van der Waals surface area contributed by atoms with E-state index in [1.165, 1.54) is 7.11 Å². The zero-order chi connectivity index (χ0) is 11.4. The van der Waals surface area contributed by atoms with Gasteiger partial charge < -0.3 is 24.8 Å². The lowest BCUT2D eigenvalue weighted by Gasteiger charge is -2.39. The second-order valence-electron chi connectivity index (χ2n) is 3.16. The monoisotopic (exact) mass is 219 g/mol. The molecule has 15 heavy (non-hydrogen) atoms. The molecule has 1 aliphatic rings. The van der Waals surface area contributed by atoms with Gasteiger partial charge in [0.25, 0.3) is 0 Å². The second kappa shape index (κ2) is 5.26. The van der Waals surface area contributed by atoms with E-state index in [2.05, 4.69) is 10.0 Å². The highest BCUT2D eigenvalue weighted by Crippen LogP contribution is 2.21. The van der Waals surface area contributed by atoms with Crippen molar-refractivity contribution in [1.29, 1.82) is 0 Å². The highest BCUT2D eigenvalue weighted by molar-refractivity contribution is 4.89. The Kier molecular flexibility index (Phi) is 4.28. The largest absolute Gasteiger partial charge is 0.388 e. The molecule has 5 atom stereocenters. The van der Waals surface area contributed by atoms with Gasteiger partial charge in [-0.25, -0.2) is 0 Å². The molecule has 0 aromatic rings. The number of rotatable bonds is 3. The minimum Gasteiger partial charge on any atom is -0.388 e. The number of methoxy groups -OCH3 is 1. The second-order valence-corrected chi connectivity index (χ2v) is 3.16. The lowest BCUT2D eigenvalue weighted by molar-refractivity contribution is -0.287. The van der Waals surface area contributed by atoms with E-state index in [9.17, 15) is 15.3 Å². The average molecular weight is 219 g/mol. The predicted molar refractivity (Wildman–Crippen MR) is 47.7 cm³/mol. The first-order chi connectivity index (χ1) is 7.11. The molecule has 1 heterocycles. The molecule has 1 rings (SSSR count). The Morgan fingerprint density at radius 1 is 1.33 bits per heavy atom. The molecule has 1 fully saturated rings. The quantitative estimate of drug-likeness (QED) is 0.310. The first-order valence-electron chi connectivity index (χ1n) is 4.35. The van der Waals surface area contributed by atoms with Gasteiger partial charge in [0, 0.05) is 12.0 Å². The van der Waals surface area contributed by atoms with E-state index in [1.807, 2.05) is 0 Å². The van der Waals surface area contributed by atoms with Crippen molar-refractivity contribution in [3.05, 3.63) is 10.4 Å².